The Bertz CT molecular complexity index is 2070. The Labute approximate surface area is 370 Å². The van der Waals surface area contributed by atoms with Crippen LogP contribution in [-0.2, 0) is 25.7 Å². The monoisotopic (exact) mass is 866 g/mol. The first-order valence-corrected chi connectivity index (χ1v) is 22.4. The third-order valence-electron chi connectivity index (χ3n) is 12.8. The number of methoxy groups -OCH3 is 1. The number of nitrogens with zero attached hydrogens (tertiary/aromatic N) is 2. The van der Waals surface area contributed by atoms with Crippen molar-refractivity contribution in [2.45, 2.75) is 82.1 Å². The highest BCUT2D eigenvalue weighted by Gasteiger charge is 2.66. The largest absolute Gasteiger partial charge is 0.496 e. The van der Waals surface area contributed by atoms with E-state index in [1.54, 1.807) is 24.3 Å². The van der Waals surface area contributed by atoms with E-state index in [9.17, 15) is 24.9 Å². The molecule has 0 aromatic heterocycles. The van der Waals surface area contributed by atoms with Crippen LogP contribution in [0.4, 0.5) is 0 Å². The van der Waals surface area contributed by atoms with Crippen molar-refractivity contribution in [2.75, 3.05) is 53.3 Å². The first kappa shape index (κ1) is 46.0. The lowest BCUT2D eigenvalue weighted by Gasteiger charge is -2.60. The number of oxime groups is 1. The molecule has 2 saturated carbocycles. The summed E-state index contributed by atoms with van der Waals surface area (Å²) in [6, 6.07) is 20.0. The maximum absolute atomic E-state index is 14.6. The van der Waals surface area contributed by atoms with E-state index in [2.05, 4.69) is 12.7 Å². The Morgan fingerprint density at radius 3 is 2.43 bits per heavy atom. The Hall–Kier alpha value is -5.05. The zero-order chi connectivity index (χ0) is 44.2. The lowest BCUT2D eigenvalue weighted by molar-refractivity contribution is -0.258. The highest BCUT2D eigenvalue weighted by Crippen LogP contribution is 2.62. The molecule has 4 aliphatic rings. The second-order valence-corrected chi connectivity index (χ2v) is 16.8. The first-order chi connectivity index (χ1) is 30.9. The van der Waals surface area contributed by atoms with Crippen molar-refractivity contribution in [3.8, 4) is 23.0 Å². The molecule has 2 fully saturated rings. The zero-order valence-electron chi connectivity index (χ0n) is 36.3. The number of amides is 1. The number of allylic oxidation sites excluding steroid dienone is 1. The quantitative estimate of drug-likeness (QED) is 0.0337. The van der Waals surface area contributed by atoms with Gasteiger partial charge < -0.3 is 48.7 Å². The average Bonchev–Trinajstić information content (AvgIpc) is 4.16. The van der Waals surface area contributed by atoms with Crippen LogP contribution < -0.4 is 14.2 Å². The van der Waals surface area contributed by atoms with E-state index in [0.29, 0.717) is 47.1 Å². The molecule has 7 rings (SSSR count). The highest BCUT2D eigenvalue weighted by atomic mass is 16.7. The van der Waals surface area contributed by atoms with Gasteiger partial charge in [-0.2, -0.15) is 0 Å². The van der Waals surface area contributed by atoms with Crippen molar-refractivity contribution in [2.24, 2.45) is 28.8 Å². The second-order valence-electron chi connectivity index (χ2n) is 16.8. The summed E-state index contributed by atoms with van der Waals surface area (Å²) in [6.45, 7) is 5.02. The molecule has 338 valence electrons. The summed E-state index contributed by atoms with van der Waals surface area (Å²) in [5.74, 6) is -0.212. The highest BCUT2D eigenvalue weighted by molar-refractivity contribution is 6.03. The van der Waals surface area contributed by atoms with Gasteiger partial charge in [0.2, 0.25) is 11.7 Å². The smallest absolute Gasteiger partial charge is 0.239 e. The fraction of sp³-hybridized carbons (Fsp3) is 0.500. The number of ether oxygens (including phenoxy) is 5. The van der Waals surface area contributed by atoms with Gasteiger partial charge in [-0.25, -0.2) is 0 Å². The number of aliphatic hydroxyl groups excluding tert-OH is 3. The third-order valence-corrected chi connectivity index (χ3v) is 12.8. The molecule has 6 atom stereocenters. The van der Waals surface area contributed by atoms with Crippen molar-refractivity contribution in [1.29, 1.82) is 0 Å². The molecule has 3 N–H and O–H groups in total. The summed E-state index contributed by atoms with van der Waals surface area (Å²) in [7, 11) is 1.51. The molecule has 0 spiro atoms. The molecule has 0 bridgehead atoms. The van der Waals surface area contributed by atoms with Crippen LogP contribution in [0.2, 0.25) is 0 Å². The lowest BCUT2D eigenvalue weighted by atomic mass is 9.55. The van der Waals surface area contributed by atoms with E-state index < -0.39 is 17.7 Å². The molecular formula is C50H62N2O11. The summed E-state index contributed by atoms with van der Waals surface area (Å²) < 4.78 is 32.1. The Morgan fingerprint density at radius 2 is 1.71 bits per heavy atom. The van der Waals surface area contributed by atoms with E-state index in [0.717, 1.165) is 61.5 Å². The van der Waals surface area contributed by atoms with Crippen LogP contribution in [0.3, 0.4) is 0 Å². The van der Waals surface area contributed by atoms with Gasteiger partial charge in [0, 0.05) is 43.6 Å². The number of unbranched alkanes of at least 4 members (excludes halogenated alkanes) is 2. The SMILES string of the molecule is C=CCO[C@@]12Oc3ccc(Oc4ccc(OC)c(C=O)c4)cc3[C@H]3[C@H](CCCCO)[C@@H](CCCCO)C=C(C(=NOCc4ccccc4)C[C@@H]1N(CCOCCO)C(=O)C1CC1)[C@H]32. The average molecular weight is 867 g/mol. The van der Waals surface area contributed by atoms with Gasteiger partial charge in [0.15, 0.2) is 6.29 Å². The Kier molecular flexibility index (Phi) is 16.1. The predicted molar refractivity (Wildman–Crippen MR) is 237 cm³/mol. The summed E-state index contributed by atoms with van der Waals surface area (Å²) >= 11 is 0. The molecule has 0 unspecified atom stereocenters. The van der Waals surface area contributed by atoms with Crippen molar-refractivity contribution in [3.05, 3.63) is 108 Å². The molecule has 1 amide bonds. The molecule has 3 aliphatic carbocycles. The first-order valence-electron chi connectivity index (χ1n) is 22.4. The van der Waals surface area contributed by atoms with Crippen LogP contribution in [0.1, 0.15) is 85.2 Å². The van der Waals surface area contributed by atoms with Crippen LogP contribution in [0.25, 0.3) is 0 Å². The normalized spacial score (nSPS) is 24.0. The number of aliphatic hydroxyl groups is 3. The second kappa shape index (κ2) is 22.0. The third kappa shape index (κ3) is 10.5. The van der Waals surface area contributed by atoms with Crippen molar-refractivity contribution in [1.82, 2.24) is 4.90 Å². The van der Waals surface area contributed by atoms with Crippen molar-refractivity contribution < 1.29 is 53.4 Å². The molecule has 3 aromatic carbocycles. The standard InChI is InChI=1S/C50H62N2O11/c1-3-25-60-50-46(52(21-26-59-27-24-55)49(57)35-15-16-35)31-43(51-61-33-34-11-5-4-6-12-34)41-29-36(13-7-9-22-53)40(14-8-10-23-54)47(48(41)50)42-30-39(18-20-45(42)63-50)62-38-17-19-44(58-2)37(28-38)32-56/h3-6,11-12,17-20,28-30,32,35-36,40,46-48,53-55H,1,7-10,13-16,21-27,31,33H2,2H3/t36-,40+,46-,47+,48+,50+/m0/s1. The fourth-order valence-electron chi connectivity index (χ4n) is 9.79. The van der Waals surface area contributed by atoms with E-state index in [1.165, 1.54) is 7.11 Å². The summed E-state index contributed by atoms with van der Waals surface area (Å²) in [5, 5.41) is 34.4. The summed E-state index contributed by atoms with van der Waals surface area (Å²) in [6.07, 6.45) is 11.0. The number of carbonyl (C=O) groups excluding carboxylic acids is 2. The Balaban J connectivity index is 1.42. The van der Waals surface area contributed by atoms with Crippen LogP contribution in [0.15, 0.2) is 96.2 Å². The molecule has 1 aliphatic heterocycles. The minimum Gasteiger partial charge on any atom is -0.496 e. The molecule has 63 heavy (non-hydrogen) atoms. The maximum Gasteiger partial charge on any atom is 0.239 e. The van der Waals surface area contributed by atoms with Crippen LogP contribution in [-0.4, -0.2) is 103 Å². The molecule has 1 heterocycles. The van der Waals surface area contributed by atoms with Crippen molar-refractivity contribution in [3.63, 3.8) is 0 Å². The molecule has 3 aromatic rings. The van der Waals surface area contributed by atoms with Gasteiger partial charge in [-0.3, -0.25) is 9.59 Å². The van der Waals surface area contributed by atoms with Gasteiger partial charge in [0.05, 0.1) is 50.7 Å². The number of hydrogen-bond acceptors (Lipinski definition) is 12. The van der Waals surface area contributed by atoms with Crippen molar-refractivity contribution >= 4 is 17.9 Å². The number of benzene rings is 3. The van der Waals surface area contributed by atoms with Crippen LogP contribution in [0, 0.1) is 23.7 Å². The number of fused-ring (bicyclic) bond motifs is 2. The van der Waals surface area contributed by atoms with E-state index in [-0.39, 0.29) is 88.8 Å². The predicted octanol–water partition coefficient (Wildman–Crippen LogP) is 7.38. The Morgan fingerprint density at radius 1 is 0.952 bits per heavy atom. The van der Waals surface area contributed by atoms with Gasteiger partial charge in [-0.05, 0) is 97.9 Å². The molecule has 0 radical (unpaired) electrons. The van der Waals surface area contributed by atoms with E-state index in [4.69, 9.17) is 33.7 Å². The fourth-order valence-corrected chi connectivity index (χ4v) is 9.79. The number of aldehydes is 1. The number of rotatable bonds is 25. The maximum atomic E-state index is 14.6. The molecule has 13 heteroatoms. The molecule has 0 saturated heterocycles. The van der Waals surface area contributed by atoms with E-state index >= 15 is 0 Å². The van der Waals surface area contributed by atoms with Crippen LogP contribution >= 0.6 is 0 Å². The number of carbonyl (C=O) groups is 2. The van der Waals surface area contributed by atoms with Gasteiger partial charge >= 0.3 is 0 Å². The molecule has 13 nitrogen and oxygen atoms in total. The van der Waals surface area contributed by atoms with Gasteiger partial charge in [-0.15, -0.1) is 6.58 Å². The minimum atomic E-state index is -1.42. The number of hydrogen-bond donors (Lipinski definition) is 3. The van der Waals surface area contributed by atoms with Gasteiger partial charge in [0.25, 0.3) is 0 Å². The lowest BCUT2D eigenvalue weighted by Crippen LogP contribution is -2.70. The minimum absolute atomic E-state index is 0.00720. The topological polar surface area (TPSA) is 166 Å². The van der Waals surface area contributed by atoms with E-state index in [1.807, 2.05) is 53.4 Å². The molecular weight excluding hydrogens is 805 g/mol. The van der Waals surface area contributed by atoms with Crippen LogP contribution in [0.5, 0.6) is 23.0 Å². The van der Waals surface area contributed by atoms with Gasteiger partial charge in [0.1, 0.15) is 35.6 Å². The van der Waals surface area contributed by atoms with Gasteiger partial charge in [-0.1, -0.05) is 60.5 Å². The zero-order valence-corrected chi connectivity index (χ0v) is 36.3. The summed E-state index contributed by atoms with van der Waals surface area (Å²) in [5.41, 5.74) is 3.86. The summed E-state index contributed by atoms with van der Waals surface area (Å²) in [4.78, 5) is 34.6.